The molecule has 29 heavy (non-hydrogen) atoms. The molecule has 3 aromatic carbocycles. The number of carbonyl (C=O) groups excluding carboxylic acids is 1. The zero-order valence-corrected chi connectivity index (χ0v) is 16.4. The van der Waals surface area contributed by atoms with Gasteiger partial charge in [0.2, 0.25) is 5.91 Å². The molecule has 4 aromatic rings. The summed E-state index contributed by atoms with van der Waals surface area (Å²) in [6.45, 7) is 0.475. The minimum absolute atomic E-state index is 0.0984. The third-order valence-corrected chi connectivity index (χ3v) is 5.12. The van der Waals surface area contributed by atoms with E-state index in [0.717, 1.165) is 16.6 Å². The zero-order valence-electron chi connectivity index (χ0n) is 15.6. The second kappa shape index (κ2) is 8.45. The average molecular weight is 408 g/mol. The highest BCUT2D eigenvalue weighted by Crippen LogP contribution is 2.24. The van der Waals surface area contributed by atoms with Crippen LogP contribution in [0.2, 0.25) is 5.02 Å². The van der Waals surface area contributed by atoms with Crippen LogP contribution in [0.25, 0.3) is 11.0 Å². The van der Waals surface area contributed by atoms with Crippen LogP contribution >= 0.6 is 11.6 Å². The van der Waals surface area contributed by atoms with Gasteiger partial charge in [-0.1, -0.05) is 60.1 Å². The molecule has 0 spiro atoms. The summed E-state index contributed by atoms with van der Waals surface area (Å²) in [6.07, 6.45) is 0.292. The third kappa shape index (κ3) is 4.30. The molecule has 1 heterocycles. The summed E-state index contributed by atoms with van der Waals surface area (Å²) in [4.78, 5) is 17.0. The highest BCUT2D eigenvalue weighted by Gasteiger charge is 2.15. The van der Waals surface area contributed by atoms with Crippen LogP contribution in [0.3, 0.4) is 0 Å². The van der Waals surface area contributed by atoms with Crippen molar-refractivity contribution in [2.45, 2.75) is 19.5 Å². The van der Waals surface area contributed by atoms with Crippen molar-refractivity contribution in [3.05, 3.63) is 101 Å². The van der Waals surface area contributed by atoms with Crippen molar-refractivity contribution >= 4 is 28.5 Å². The normalized spacial score (nSPS) is 11.0. The van der Waals surface area contributed by atoms with Crippen molar-refractivity contribution in [2.75, 3.05) is 0 Å². The molecule has 4 rings (SSSR count). The topological polar surface area (TPSA) is 46.9 Å². The van der Waals surface area contributed by atoms with Crippen LogP contribution in [0.1, 0.15) is 17.0 Å². The number of para-hydroxylation sites is 2. The Morgan fingerprint density at radius 1 is 1.00 bits per heavy atom. The second-order valence-electron chi connectivity index (χ2n) is 6.74. The fraction of sp³-hybridized carbons (Fsp3) is 0.130. The number of benzene rings is 3. The zero-order chi connectivity index (χ0) is 20.2. The molecule has 0 aliphatic heterocycles. The first-order chi connectivity index (χ1) is 14.1. The predicted octanol–water partition coefficient (Wildman–Crippen LogP) is 4.74. The number of nitrogens with one attached hydrogen (secondary N) is 1. The Bertz CT molecular complexity index is 1140. The number of nitrogens with zero attached hydrogens (tertiary/aromatic N) is 2. The van der Waals surface area contributed by atoms with Gasteiger partial charge in [-0.05, 0) is 29.8 Å². The van der Waals surface area contributed by atoms with Gasteiger partial charge in [-0.2, -0.15) is 0 Å². The van der Waals surface area contributed by atoms with Crippen LogP contribution in [0.4, 0.5) is 4.39 Å². The van der Waals surface area contributed by atoms with E-state index in [1.165, 1.54) is 6.07 Å². The van der Waals surface area contributed by atoms with Crippen LogP contribution < -0.4 is 5.32 Å². The minimum Gasteiger partial charge on any atom is -0.349 e. The van der Waals surface area contributed by atoms with Crippen LogP contribution in [-0.2, 0) is 24.3 Å². The maximum absolute atomic E-state index is 14.3. The maximum Gasteiger partial charge on any atom is 0.224 e. The standard InChI is InChI=1S/C23H19ClFN3O/c24-18-9-6-10-19(25)17(18)15-28-21-12-5-4-11-20(21)27-22(28)14-26-23(29)13-16-7-2-1-3-8-16/h1-12H,13-15H2,(H,26,29). The number of aromatic nitrogens is 2. The predicted molar refractivity (Wildman–Crippen MR) is 112 cm³/mol. The van der Waals surface area contributed by atoms with Crippen molar-refractivity contribution in [3.8, 4) is 0 Å². The number of hydrogen-bond donors (Lipinski definition) is 1. The molecule has 0 fully saturated rings. The Kier molecular flexibility index (Phi) is 5.58. The molecular formula is C23H19ClFN3O. The molecule has 0 radical (unpaired) electrons. The van der Waals surface area contributed by atoms with Crippen LogP contribution in [0.15, 0.2) is 72.8 Å². The van der Waals surface area contributed by atoms with Gasteiger partial charge in [-0.15, -0.1) is 0 Å². The molecule has 0 unspecified atom stereocenters. The molecule has 1 N–H and O–H groups in total. The number of imidazole rings is 1. The van der Waals surface area contributed by atoms with Crippen molar-refractivity contribution in [3.63, 3.8) is 0 Å². The Labute approximate surface area is 173 Å². The van der Waals surface area contributed by atoms with Crippen LogP contribution in [0, 0.1) is 5.82 Å². The molecule has 0 atom stereocenters. The number of rotatable bonds is 6. The van der Waals surface area contributed by atoms with Gasteiger partial charge in [-0.3, -0.25) is 4.79 Å². The number of fused-ring (bicyclic) bond motifs is 1. The number of carbonyl (C=O) groups is 1. The molecular weight excluding hydrogens is 389 g/mol. The lowest BCUT2D eigenvalue weighted by Gasteiger charge is -2.12. The molecule has 1 amide bonds. The molecule has 1 aromatic heterocycles. The van der Waals surface area contributed by atoms with Gasteiger partial charge in [0.05, 0.1) is 30.5 Å². The second-order valence-corrected chi connectivity index (χ2v) is 7.15. The maximum atomic E-state index is 14.3. The van der Waals surface area contributed by atoms with E-state index in [4.69, 9.17) is 11.6 Å². The monoisotopic (exact) mass is 407 g/mol. The Hall–Kier alpha value is -3.18. The van der Waals surface area contributed by atoms with E-state index in [2.05, 4.69) is 10.3 Å². The number of hydrogen-bond acceptors (Lipinski definition) is 2. The summed E-state index contributed by atoms with van der Waals surface area (Å²) in [5.74, 6) is 0.181. The van der Waals surface area contributed by atoms with E-state index in [1.807, 2.05) is 59.2 Å². The fourth-order valence-corrected chi connectivity index (χ4v) is 3.52. The quantitative estimate of drug-likeness (QED) is 0.502. The van der Waals surface area contributed by atoms with E-state index in [-0.39, 0.29) is 24.8 Å². The van der Waals surface area contributed by atoms with Crippen molar-refractivity contribution in [1.82, 2.24) is 14.9 Å². The highest BCUT2D eigenvalue weighted by molar-refractivity contribution is 6.31. The van der Waals surface area contributed by atoms with Crippen molar-refractivity contribution < 1.29 is 9.18 Å². The van der Waals surface area contributed by atoms with E-state index in [9.17, 15) is 9.18 Å². The summed E-state index contributed by atoms with van der Waals surface area (Å²) in [7, 11) is 0. The van der Waals surface area contributed by atoms with Crippen LogP contribution in [0.5, 0.6) is 0 Å². The highest BCUT2D eigenvalue weighted by atomic mass is 35.5. The summed E-state index contributed by atoms with van der Waals surface area (Å²) < 4.78 is 16.2. The van der Waals surface area contributed by atoms with Gasteiger partial charge in [0.25, 0.3) is 0 Å². The molecule has 4 nitrogen and oxygen atoms in total. The minimum atomic E-state index is -0.366. The Morgan fingerprint density at radius 3 is 2.55 bits per heavy atom. The summed E-state index contributed by atoms with van der Waals surface area (Å²) in [5.41, 5.74) is 2.98. The van der Waals surface area contributed by atoms with E-state index >= 15 is 0 Å². The smallest absolute Gasteiger partial charge is 0.224 e. The molecule has 0 saturated heterocycles. The number of halogens is 2. The first kappa shape index (κ1) is 19.2. The van der Waals surface area contributed by atoms with Gasteiger partial charge in [0.1, 0.15) is 11.6 Å². The molecule has 0 aliphatic rings. The van der Waals surface area contributed by atoms with Gasteiger partial charge < -0.3 is 9.88 Å². The van der Waals surface area contributed by atoms with Gasteiger partial charge in [0, 0.05) is 10.6 Å². The van der Waals surface area contributed by atoms with E-state index in [0.29, 0.717) is 22.8 Å². The first-order valence-electron chi connectivity index (χ1n) is 9.29. The molecule has 0 aliphatic carbocycles. The van der Waals surface area contributed by atoms with Crippen molar-refractivity contribution in [1.29, 1.82) is 0 Å². The average Bonchev–Trinajstić information content (AvgIpc) is 3.07. The van der Waals surface area contributed by atoms with Crippen molar-refractivity contribution in [2.24, 2.45) is 0 Å². The molecule has 146 valence electrons. The third-order valence-electron chi connectivity index (χ3n) is 4.76. The summed E-state index contributed by atoms with van der Waals surface area (Å²) >= 11 is 6.22. The van der Waals surface area contributed by atoms with Crippen LogP contribution in [-0.4, -0.2) is 15.5 Å². The van der Waals surface area contributed by atoms with E-state index < -0.39 is 0 Å². The van der Waals surface area contributed by atoms with Gasteiger partial charge in [0.15, 0.2) is 0 Å². The molecule has 6 heteroatoms. The lowest BCUT2D eigenvalue weighted by molar-refractivity contribution is -0.120. The van der Waals surface area contributed by atoms with E-state index in [1.54, 1.807) is 12.1 Å². The Morgan fingerprint density at radius 2 is 1.76 bits per heavy atom. The SMILES string of the molecule is O=C(Cc1ccccc1)NCc1nc2ccccc2n1Cc1c(F)cccc1Cl. The summed E-state index contributed by atoms with van der Waals surface area (Å²) in [6, 6.07) is 21.8. The largest absolute Gasteiger partial charge is 0.349 e. The Balaban J connectivity index is 1.59. The van der Waals surface area contributed by atoms with Gasteiger partial charge >= 0.3 is 0 Å². The first-order valence-corrected chi connectivity index (χ1v) is 9.67. The summed E-state index contributed by atoms with van der Waals surface area (Å²) in [5, 5.41) is 3.28. The number of amides is 1. The molecule has 0 saturated carbocycles. The lowest BCUT2D eigenvalue weighted by atomic mass is 10.1. The lowest BCUT2D eigenvalue weighted by Crippen LogP contribution is -2.26. The van der Waals surface area contributed by atoms with Gasteiger partial charge in [-0.25, -0.2) is 9.37 Å². The molecule has 0 bridgehead atoms. The fourth-order valence-electron chi connectivity index (χ4n) is 3.30.